The van der Waals surface area contributed by atoms with E-state index >= 15 is 0 Å². The molecule has 1 aromatic heterocycles. The Morgan fingerprint density at radius 2 is 2.00 bits per heavy atom. The van der Waals surface area contributed by atoms with Gasteiger partial charge < -0.3 is 9.88 Å². The summed E-state index contributed by atoms with van der Waals surface area (Å²) in [4.78, 5) is 12.4. The fourth-order valence-corrected chi connectivity index (χ4v) is 3.48. The van der Waals surface area contributed by atoms with E-state index in [4.69, 9.17) is 11.6 Å². The number of hydrogen-bond donors (Lipinski definition) is 1. The van der Waals surface area contributed by atoms with Crippen molar-refractivity contribution in [1.29, 1.82) is 0 Å². The Morgan fingerprint density at radius 3 is 2.85 bits per heavy atom. The molecule has 1 N–H and O–H groups in total. The van der Waals surface area contributed by atoms with Gasteiger partial charge in [-0.25, -0.2) is 4.39 Å². The van der Waals surface area contributed by atoms with Crippen molar-refractivity contribution in [3.63, 3.8) is 0 Å². The first-order valence-electron chi connectivity index (χ1n) is 8.91. The summed E-state index contributed by atoms with van der Waals surface area (Å²) in [6.45, 7) is 0.774. The fraction of sp³-hybridized carbons (Fsp3) is 0.250. The third-order valence-electron chi connectivity index (χ3n) is 4.66. The number of aryl methyl sites for hydroxylation is 1. The number of aromatic nitrogens is 3. The molecule has 2 heterocycles. The maximum atomic E-state index is 14.5. The molecule has 1 amide bonds. The molecular weight excluding hydrogens is 367 g/mol. The van der Waals surface area contributed by atoms with E-state index in [1.165, 1.54) is 12.1 Å². The molecule has 0 radical (unpaired) electrons. The second kappa shape index (κ2) is 7.48. The molecule has 138 valence electrons. The molecule has 0 atom stereocenters. The second-order valence-electron chi connectivity index (χ2n) is 6.56. The first-order valence-corrected chi connectivity index (χ1v) is 9.28. The van der Waals surface area contributed by atoms with E-state index in [9.17, 15) is 9.18 Å². The molecule has 5 nitrogen and oxygen atoms in total. The number of carbonyl (C=O) groups is 1. The van der Waals surface area contributed by atoms with Crippen LogP contribution in [0, 0.1) is 5.82 Å². The maximum absolute atomic E-state index is 14.5. The minimum atomic E-state index is -0.393. The zero-order valence-electron chi connectivity index (χ0n) is 14.6. The van der Waals surface area contributed by atoms with Crippen molar-refractivity contribution in [3.8, 4) is 11.4 Å². The Labute approximate surface area is 161 Å². The molecule has 4 rings (SSSR count). The van der Waals surface area contributed by atoms with Gasteiger partial charge in [0.25, 0.3) is 5.91 Å². The predicted octanol–water partition coefficient (Wildman–Crippen LogP) is 4.72. The third-order valence-corrected chi connectivity index (χ3v) is 4.90. The van der Waals surface area contributed by atoms with Crippen molar-refractivity contribution < 1.29 is 9.18 Å². The molecule has 7 heteroatoms. The number of benzene rings is 2. The van der Waals surface area contributed by atoms with Crippen molar-refractivity contribution in [1.82, 2.24) is 14.8 Å². The van der Waals surface area contributed by atoms with Crippen LogP contribution >= 0.6 is 11.6 Å². The van der Waals surface area contributed by atoms with Gasteiger partial charge in [-0.3, -0.25) is 4.79 Å². The van der Waals surface area contributed by atoms with Gasteiger partial charge in [-0.15, -0.1) is 10.2 Å². The number of rotatable bonds is 3. The van der Waals surface area contributed by atoms with Crippen LogP contribution in [-0.2, 0) is 13.0 Å². The van der Waals surface area contributed by atoms with Crippen LogP contribution in [0.1, 0.15) is 35.4 Å². The van der Waals surface area contributed by atoms with E-state index < -0.39 is 5.82 Å². The molecular formula is C20H18ClFN4O. The summed E-state index contributed by atoms with van der Waals surface area (Å²) in [5, 5.41) is 11.7. The molecule has 0 spiro atoms. The molecule has 0 unspecified atom stereocenters. The van der Waals surface area contributed by atoms with Crippen LogP contribution in [0.2, 0.25) is 5.02 Å². The molecule has 0 fully saturated rings. The Balaban J connectivity index is 1.64. The number of anilines is 1. The quantitative estimate of drug-likeness (QED) is 0.711. The third kappa shape index (κ3) is 3.71. The summed E-state index contributed by atoms with van der Waals surface area (Å²) < 4.78 is 16.5. The lowest BCUT2D eigenvalue weighted by molar-refractivity contribution is 0.102. The minimum absolute atomic E-state index is 0.310. The van der Waals surface area contributed by atoms with E-state index in [0.717, 1.165) is 38.1 Å². The lowest BCUT2D eigenvalue weighted by atomic mass is 10.1. The highest BCUT2D eigenvalue weighted by atomic mass is 35.5. The van der Waals surface area contributed by atoms with E-state index in [1.807, 2.05) is 4.57 Å². The van der Waals surface area contributed by atoms with Crippen LogP contribution in [0.25, 0.3) is 11.4 Å². The van der Waals surface area contributed by atoms with Crippen molar-refractivity contribution in [2.75, 3.05) is 5.32 Å². The number of hydrogen-bond acceptors (Lipinski definition) is 3. The van der Waals surface area contributed by atoms with E-state index in [1.54, 1.807) is 30.3 Å². The number of nitrogens with zero attached hydrogens (tertiary/aromatic N) is 3. The van der Waals surface area contributed by atoms with Crippen LogP contribution in [-0.4, -0.2) is 20.7 Å². The summed E-state index contributed by atoms with van der Waals surface area (Å²) >= 11 is 5.94. The number of amides is 1. The van der Waals surface area contributed by atoms with Gasteiger partial charge in [0.05, 0.1) is 5.56 Å². The molecule has 1 aliphatic heterocycles. The van der Waals surface area contributed by atoms with Gasteiger partial charge in [0.1, 0.15) is 11.6 Å². The first kappa shape index (κ1) is 17.7. The van der Waals surface area contributed by atoms with Crippen molar-refractivity contribution in [2.45, 2.75) is 32.2 Å². The molecule has 0 aliphatic carbocycles. The molecule has 0 saturated carbocycles. The van der Waals surface area contributed by atoms with Crippen molar-refractivity contribution >= 4 is 23.2 Å². The Hall–Kier alpha value is -2.73. The van der Waals surface area contributed by atoms with Crippen molar-refractivity contribution in [2.24, 2.45) is 0 Å². The molecule has 27 heavy (non-hydrogen) atoms. The largest absolute Gasteiger partial charge is 0.322 e. The van der Waals surface area contributed by atoms with E-state index in [-0.39, 0.29) is 5.91 Å². The van der Waals surface area contributed by atoms with Gasteiger partial charge in [0.15, 0.2) is 5.82 Å². The summed E-state index contributed by atoms with van der Waals surface area (Å²) in [5.74, 6) is 0.684. The highest BCUT2D eigenvalue weighted by Gasteiger charge is 2.19. The standard InChI is InChI=1S/C20H18ClFN4O/c21-14-6-4-5-13(11-14)20(27)23-15-8-9-17(22)16(12-15)19-25-24-18-7-2-1-3-10-26(18)19/h4-6,8-9,11-12H,1-3,7,10H2,(H,23,27). The molecule has 0 saturated heterocycles. The number of fused-ring (bicyclic) bond motifs is 1. The fourth-order valence-electron chi connectivity index (χ4n) is 3.29. The van der Waals surface area contributed by atoms with Gasteiger partial charge in [-0.2, -0.15) is 0 Å². The molecule has 0 bridgehead atoms. The van der Waals surface area contributed by atoms with Crippen LogP contribution in [0.15, 0.2) is 42.5 Å². The van der Waals surface area contributed by atoms with Gasteiger partial charge in [-0.1, -0.05) is 24.1 Å². The Morgan fingerprint density at radius 1 is 1.11 bits per heavy atom. The summed E-state index contributed by atoms with van der Waals surface area (Å²) in [7, 11) is 0. The summed E-state index contributed by atoms with van der Waals surface area (Å²) in [6, 6.07) is 11.1. The Kier molecular flexibility index (Phi) is 4.90. The van der Waals surface area contributed by atoms with Gasteiger partial charge in [0, 0.05) is 29.2 Å². The lowest BCUT2D eigenvalue weighted by Crippen LogP contribution is -2.12. The zero-order chi connectivity index (χ0) is 18.8. The predicted molar refractivity (Wildman–Crippen MR) is 102 cm³/mol. The smallest absolute Gasteiger partial charge is 0.255 e. The average Bonchev–Trinajstić information content (AvgIpc) is 2.91. The number of halogens is 2. The SMILES string of the molecule is O=C(Nc1ccc(F)c(-c2nnc3n2CCCCC3)c1)c1cccc(Cl)c1. The van der Waals surface area contributed by atoms with E-state index in [2.05, 4.69) is 15.5 Å². The Bertz CT molecular complexity index is 1000. The zero-order valence-corrected chi connectivity index (χ0v) is 15.3. The van der Waals surface area contributed by atoms with Gasteiger partial charge >= 0.3 is 0 Å². The van der Waals surface area contributed by atoms with Crippen LogP contribution < -0.4 is 5.32 Å². The van der Waals surface area contributed by atoms with Gasteiger partial charge in [0.2, 0.25) is 0 Å². The van der Waals surface area contributed by atoms with Crippen LogP contribution in [0.4, 0.5) is 10.1 Å². The van der Waals surface area contributed by atoms with Crippen LogP contribution in [0.5, 0.6) is 0 Å². The van der Waals surface area contributed by atoms with E-state index in [0.29, 0.717) is 27.7 Å². The number of carbonyl (C=O) groups excluding carboxylic acids is 1. The number of nitrogens with one attached hydrogen (secondary N) is 1. The van der Waals surface area contributed by atoms with Crippen molar-refractivity contribution in [3.05, 3.63) is 64.7 Å². The molecule has 3 aromatic rings. The molecule has 2 aromatic carbocycles. The first-order chi connectivity index (χ1) is 13.1. The monoisotopic (exact) mass is 384 g/mol. The molecule has 1 aliphatic rings. The average molecular weight is 385 g/mol. The maximum Gasteiger partial charge on any atom is 0.255 e. The lowest BCUT2D eigenvalue weighted by Gasteiger charge is -2.10. The second-order valence-corrected chi connectivity index (χ2v) is 7.00. The highest BCUT2D eigenvalue weighted by molar-refractivity contribution is 6.31. The summed E-state index contributed by atoms with van der Waals surface area (Å²) in [5.41, 5.74) is 1.26. The topological polar surface area (TPSA) is 59.8 Å². The summed E-state index contributed by atoms with van der Waals surface area (Å²) in [6.07, 6.45) is 4.06. The minimum Gasteiger partial charge on any atom is -0.322 e. The normalized spacial score (nSPS) is 13.7. The van der Waals surface area contributed by atoms with Gasteiger partial charge in [-0.05, 0) is 49.2 Å². The van der Waals surface area contributed by atoms with Crippen LogP contribution in [0.3, 0.4) is 0 Å². The highest BCUT2D eigenvalue weighted by Crippen LogP contribution is 2.27.